The van der Waals surface area contributed by atoms with Crippen LogP contribution in [0.1, 0.15) is 59.3 Å². The molecule has 0 unspecified atom stereocenters. The van der Waals surface area contributed by atoms with Crippen molar-refractivity contribution in [3.8, 4) is 0 Å². The number of nitrogens with one attached hydrogen (secondary N) is 1. The number of rotatable bonds is 9. The topological polar surface area (TPSA) is 66.4 Å². The third-order valence-electron chi connectivity index (χ3n) is 2.68. The van der Waals surface area contributed by atoms with Gasteiger partial charge in [-0.3, -0.25) is 9.59 Å². The number of carbonyl (C=O) groups excluding carboxylic acids is 1. The highest BCUT2D eigenvalue weighted by molar-refractivity contribution is 5.83. The predicted molar refractivity (Wildman–Crippen MR) is 67.8 cm³/mol. The maximum atomic E-state index is 11.3. The van der Waals surface area contributed by atoms with Crippen molar-refractivity contribution >= 4 is 11.9 Å². The van der Waals surface area contributed by atoms with Crippen molar-refractivity contribution in [3.63, 3.8) is 0 Å². The average molecular weight is 243 g/mol. The molecule has 0 aromatic heterocycles. The minimum atomic E-state index is -0.990. The van der Waals surface area contributed by atoms with E-state index >= 15 is 0 Å². The Balaban J connectivity index is 3.43. The van der Waals surface area contributed by atoms with Gasteiger partial charge in [0.2, 0.25) is 5.91 Å². The number of aliphatic carboxylic acids is 1. The Kier molecular flexibility index (Phi) is 8.46. The fourth-order valence-electron chi connectivity index (χ4n) is 1.57. The van der Waals surface area contributed by atoms with Gasteiger partial charge in [0.25, 0.3) is 0 Å². The molecule has 0 spiro atoms. The van der Waals surface area contributed by atoms with Crippen molar-refractivity contribution in [2.75, 3.05) is 0 Å². The van der Waals surface area contributed by atoms with E-state index in [0.717, 1.165) is 25.2 Å². The van der Waals surface area contributed by atoms with Crippen LogP contribution in [-0.4, -0.2) is 23.0 Å². The summed E-state index contributed by atoms with van der Waals surface area (Å²) in [7, 11) is 0. The molecule has 100 valence electrons. The van der Waals surface area contributed by atoms with Crippen molar-refractivity contribution in [1.29, 1.82) is 0 Å². The smallest absolute Gasteiger partial charge is 0.325 e. The Morgan fingerprint density at radius 3 is 2.18 bits per heavy atom. The molecule has 4 nitrogen and oxygen atoms in total. The molecule has 0 rings (SSSR count). The molecule has 17 heavy (non-hydrogen) atoms. The van der Waals surface area contributed by atoms with Gasteiger partial charge in [0.15, 0.2) is 0 Å². The highest BCUT2D eigenvalue weighted by atomic mass is 16.4. The van der Waals surface area contributed by atoms with E-state index < -0.39 is 12.0 Å². The molecule has 0 bridgehead atoms. The SMILES string of the molecule is CC(C)CCCCCCC(=O)N[C@@H](C)C(=O)O. The number of carboxylic acids is 1. The van der Waals surface area contributed by atoms with Gasteiger partial charge in [0.1, 0.15) is 6.04 Å². The molecule has 0 radical (unpaired) electrons. The number of hydrogen-bond donors (Lipinski definition) is 2. The summed E-state index contributed by atoms with van der Waals surface area (Å²) < 4.78 is 0. The monoisotopic (exact) mass is 243 g/mol. The van der Waals surface area contributed by atoms with Gasteiger partial charge in [-0.15, -0.1) is 0 Å². The summed E-state index contributed by atoms with van der Waals surface area (Å²) in [6, 6.07) is -0.788. The lowest BCUT2D eigenvalue weighted by Gasteiger charge is -2.09. The Labute approximate surface area is 104 Å². The third-order valence-corrected chi connectivity index (χ3v) is 2.68. The van der Waals surface area contributed by atoms with Crippen LogP contribution in [0.15, 0.2) is 0 Å². The molecule has 0 heterocycles. The second-order valence-electron chi connectivity index (χ2n) is 4.97. The Bertz CT molecular complexity index is 239. The van der Waals surface area contributed by atoms with Crippen LogP contribution in [0.5, 0.6) is 0 Å². The summed E-state index contributed by atoms with van der Waals surface area (Å²) in [5, 5.41) is 11.1. The lowest BCUT2D eigenvalue weighted by molar-refractivity contribution is -0.141. The standard InChI is InChI=1S/C13H25NO3/c1-10(2)8-6-4-5-7-9-12(15)14-11(3)13(16)17/h10-11H,4-9H2,1-3H3,(H,14,15)(H,16,17)/t11-/m0/s1. The summed E-state index contributed by atoms with van der Waals surface area (Å²) in [4.78, 5) is 21.8. The van der Waals surface area contributed by atoms with E-state index in [0.29, 0.717) is 6.42 Å². The zero-order valence-electron chi connectivity index (χ0n) is 11.2. The first-order valence-corrected chi connectivity index (χ1v) is 6.45. The van der Waals surface area contributed by atoms with E-state index in [1.807, 2.05) is 0 Å². The van der Waals surface area contributed by atoms with E-state index in [2.05, 4.69) is 19.2 Å². The lowest BCUT2D eigenvalue weighted by atomic mass is 10.0. The van der Waals surface area contributed by atoms with Crippen molar-refractivity contribution in [3.05, 3.63) is 0 Å². The number of carbonyl (C=O) groups is 2. The van der Waals surface area contributed by atoms with Crippen molar-refractivity contribution in [2.45, 2.75) is 65.3 Å². The zero-order valence-corrected chi connectivity index (χ0v) is 11.2. The van der Waals surface area contributed by atoms with Gasteiger partial charge in [-0.1, -0.05) is 39.5 Å². The normalized spacial score (nSPS) is 12.5. The summed E-state index contributed by atoms with van der Waals surface area (Å²) in [5.74, 6) is -0.409. The van der Waals surface area contributed by atoms with Crippen LogP contribution in [0.25, 0.3) is 0 Å². The number of unbranched alkanes of at least 4 members (excludes halogenated alkanes) is 3. The minimum Gasteiger partial charge on any atom is -0.480 e. The van der Waals surface area contributed by atoms with Crippen LogP contribution in [0.3, 0.4) is 0 Å². The first kappa shape index (κ1) is 15.9. The van der Waals surface area contributed by atoms with E-state index in [4.69, 9.17) is 5.11 Å². The van der Waals surface area contributed by atoms with Crippen molar-refractivity contribution < 1.29 is 14.7 Å². The fraction of sp³-hybridized carbons (Fsp3) is 0.846. The molecular formula is C13H25NO3. The largest absolute Gasteiger partial charge is 0.480 e. The Morgan fingerprint density at radius 2 is 1.65 bits per heavy atom. The Morgan fingerprint density at radius 1 is 1.06 bits per heavy atom. The Hall–Kier alpha value is -1.06. The number of carboxylic acid groups (broad SMARTS) is 1. The molecule has 0 aliphatic rings. The zero-order chi connectivity index (χ0) is 13.3. The van der Waals surface area contributed by atoms with Gasteiger partial charge >= 0.3 is 5.97 Å². The van der Waals surface area contributed by atoms with Crippen LogP contribution in [0, 0.1) is 5.92 Å². The molecule has 2 N–H and O–H groups in total. The molecule has 0 aliphatic heterocycles. The number of hydrogen-bond acceptors (Lipinski definition) is 2. The second-order valence-corrected chi connectivity index (χ2v) is 4.97. The summed E-state index contributed by atoms with van der Waals surface area (Å²) in [6.07, 6.45) is 5.92. The summed E-state index contributed by atoms with van der Waals surface area (Å²) in [5.41, 5.74) is 0. The molecule has 0 aliphatic carbocycles. The highest BCUT2D eigenvalue weighted by Gasteiger charge is 2.12. The van der Waals surface area contributed by atoms with E-state index in [-0.39, 0.29) is 5.91 Å². The maximum absolute atomic E-state index is 11.3. The molecule has 0 fully saturated rings. The maximum Gasteiger partial charge on any atom is 0.325 e. The van der Waals surface area contributed by atoms with Gasteiger partial charge < -0.3 is 10.4 Å². The lowest BCUT2D eigenvalue weighted by Crippen LogP contribution is -2.38. The van der Waals surface area contributed by atoms with Crippen molar-refractivity contribution in [1.82, 2.24) is 5.32 Å². The first-order valence-electron chi connectivity index (χ1n) is 6.45. The fourth-order valence-corrected chi connectivity index (χ4v) is 1.57. The first-order chi connectivity index (χ1) is 7.93. The third kappa shape index (κ3) is 9.85. The van der Waals surface area contributed by atoms with Gasteiger partial charge in [-0.2, -0.15) is 0 Å². The van der Waals surface area contributed by atoms with Gasteiger partial charge in [0.05, 0.1) is 0 Å². The van der Waals surface area contributed by atoms with E-state index in [9.17, 15) is 9.59 Å². The molecule has 1 atom stereocenters. The van der Waals surface area contributed by atoms with Gasteiger partial charge in [-0.25, -0.2) is 0 Å². The second kappa shape index (κ2) is 9.02. The van der Waals surface area contributed by atoms with Crippen molar-refractivity contribution in [2.24, 2.45) is 5.92 Å². The van der Waals surface area contributed by atoms with Crippen LogP contribution in [0.4, 0.5) is 0 Å². The number of amides is 1. The quantitative estimate of drug-likeness (QED) is 0.612. The molecule has 0 aromatic rings. The molecular weight excluding hydrogens is 218 g/mol. The van der Waals surface area contributed by atoms with Crippen LogP contribution in [0.2, 0.25) is 0 Å². The van der Waals surface area contributed by atoms with E-state index in [1.165, 1.54) is 19.8 Å². The molecule has 0 saturated carbocycles. The molecule has 4 heteroatoms. The summed E-state index contributed by atoms with van der Waals surface area (Å²) >= 11 is 0. The van der Waals surface area contributed by atoms with Crippen LogP contribution < -0.4 is 5.32 Å². The van der Waals surface area contributed by atoms with Gasteiger partial charge in [0, 0.05) is 6.42 Å². The summed E-state index contributed by atoms with van der Waals surface area (Å²) in [6.45, 7) is 5.89. The van der Waals surface area contributed by atoms with E-state index in [1.54, 1.807) is 0 Å². The molecule has 0 saturated heterocycles. The van der Waals surface area contributed by atoms with Crippen LogP contribution in [-0.2, 0) is 9.59 Å². The highest BCUT2D eigenvalue weighted by Crippen LogP contribution is 2.10. The minimum absolute atomic E-state index is 0.163. The van der Waals surface area contributed by atoms with Gasteiger partial charge in [-0.05, 0) is 19.3 Å². The molecule has 0 aromatic carbocycles. The average Bonchev–Trinajstić information content (AvgIpc) is 2.22. The van der Waals surface area contributed by atoms with Crippen LogP contribution >= 0.6 is 0 Å². The molecule has 1 amide bonds. The predicted octanol–water partition coefficient (Wildman–Crippen LogP) is 2.57.